The summed E-state index contributed by atoms with van der Waals surface area (Å²) in [5.41, 5.74) is 3.19. The van der Waals surface area contributed by atoms with Gasteiger partial charge in [-0.25, -0.2) is 0 Å². The second-order valence-corrected chi connectivity index (χ2v) is 5.27. The van der Waals surface area contributed by atoms with Crippen LogP contribution in [-0.4, -0.2) is 23.2 Å². The minimum absolute atomic E-state index is 0.0807. The fourth-order valence-corrected chi connectivity index (χ4v) is 1.95. The van der Waals surface area contributed by atoms with Crippen molar-refractivity contribution >= 4 is 5.91 Å². The van der Waals surface area contributed by atoms with Crippen LogP contribution in [0.1, 0.15) is 40.9 Å². The fourth-order valence-electron chi connectivity index (χ4n) is 1.95. The molecule has 0 bridgehead atoms. The van der Waals surface area contributed by atoms with E-state index in [0.717, 1.165) is 16.7 Å². The van der Waals surface area contributed by atoms with Gasteiger partial charge in [0.1, 0.15) is 0 Å². The molecule has 1 rings (SSSR count). The van der Waals surface area contributed by atoms with E-state index in [1.54, 1.807) is 13.8 Å². The standard InChI is InChI=1S/C14H21NO2/c1-9-6-10(2)12(11(3)7-9)13(17)15-14(4,5)8-16/h6-7,16H,8H2,1-5H3,(H,15,17). The molecule has 0 unspecified atom stereocenters. The molecule has 0 saturated carbocycles. The number of hydrogen-bond acceptors (Lipinski definition) is 2. The minimum Gasteiger partial charge on any atom is -0.394 e. The highest BCUT2D eigenvalue weighted by atomic mass is 16.3. The van der Waals surface area contributed by atoms with Crippen molar-refractivity contribution in [1.82, 2.24) is 5.32 Å². The van der Waals surface area contributed by atoms with Crippen molar-refractivity contribution < 1.29 is 9.90 Å². The predicted octanol–water partition coefficient (Wildman–Crippen LogP) is 2.11. The Bertz CT molecular complexity index is 413. The maximum Gasteiger partial charge on any atom is 0.252 e. The van der Waals surface area contributed by atoms with Crippen molar-refractivity contribution in [3.05, 3.63) is 34.4 Å². The van der Waals surface area contributed by atoms with Gasteiger partial charge in [0, 0.05) is 5.56 Å². The van der Waals surface area contributed by atoms with Gasteiger partial charge < -0.3 is 10.4 Å². The molecule has 1 amide bonds. The van der Waals surface area contributed by atoms with Gasteiger partial charge >= 0.3 is 0 Å². The first-order valence-electron chi connectivity index (χ1n) is 5.78. The minimum atomic E-state index is -0.596. The molecule has 0 aromatic heterocycles. The number of hydrogen-bond donors (Lipinski definition) is 2. The molecular weight excluding hydrogens is 214 g/mol. The second-order valence-electron chi connectivity index (χ2n) is 5.27. The van der Waals surface area contributed by atoms with Crippen molar-refractivity contribution in [2.45, 2.75) is 40.2 Å². The lowest BCUT2D eigenvalue weighted by Gasteiger charge is -2.24. The van der Waals surface area contributed by atoms with Crippen LogP contribution in [0.2, 0.25) is 0 Å². The number of rotatable bonds is 3. The molecule has 3 heteroatoms. The molecule has 1 aromatic rings. The van der Waals surface area contributed by atoms with E-state index in [1.165, 1.54) is 0 Å². The van der Waals surface area contributed by atoms with Crippen LogP contribution >= 0.6 is 0 Å². The van der Waals surface area contributed by atoms with E-state index >= 15 is 0 Å². The first-order chi connectivity index (χ1) is 7.76. The summed E-state index contributed by atoms with van der Waals surface area (Å²) in [6.45, 7) is 9.39. The van der Waals surface area contributed by atoms with E-state index in [1.807, 2.05) is 32.9 Å². The Balaban J connectivity index is 3.05. The predicted molar refractivity (Wildman–Crippen MR) is 69.3 cm³/mol. The Morgan fingerprint density at radius 3 is 2.12 bits per heavy atom. The third-order valence-corrected chi connectivity index (χ3v) is 2.75. The zero-order chi connectivity index (χ0) is 13.2. The third kappa shape index (κ3) is 3.30. The molecule has 17 heavy (non-hydrogen) atoms. The van der Waals surface area contributed by atoms with E-state index in [2.05, 4.69) is 5.32 Å². The molecule has 0 aliphatic rings. The Labute approximate surface area is 103 Å². The molecular formula is C14H21NO2. The molecule has 3 nitrogen and oxygen atoms in total. The lowest BCUT2D eigenvalue weighted by molar-refractivity contribution is 0.0868. The van der Waals surface area contributed by atoms with Crippen LogP contribution in [0.25, 0.3) is 0 Å². The van der Waals surface area contributed by atoms with Crippen LogP contribution in [0.5, 0.6) is 0 Å². The SMILES string of the molecule is Cc1cc(C)c(C(=O)NC(C)(C)CO)c(C)c1. The molecule has 0 heterocycles. The number of aliphatic hydroxyl groups excluding tert-OH is 1. The van der Waals surface area contributed by atoms with Gasteiger partial charge in [-0.15, -0.1) is 0 Å². The highest BCUT2D eigenvalue weighted by Crippen LogP contribution is 2.17. The summed E-state index contributed by atoms with van der Waals surface area (Å²) in [6, 6.07) is 3.99. The van der Waals surface area contributed by atoms with E-state index < -0.39 is 5.54 Å². The van der Waals surface area contributed by atoms with Crippen molar-refractivity contribution in [3.63, 3.8) is 0 Å². The first-order valence-corrected chi connectivity index (χ1v) is 5.78. The Kier molecular flexibility index (Phi) is 3.94. The first kappa shape index (κ1) is 13.7. The van der Waals surface area contributed by atoms with Gasteiger partial charge in [-0.05, 0) is 45.7 Å². The van der Waals surface area contributed by atoms with Crippen molar-refractivity contribution in [2.75, 3.05) is 6.61 Å². The van der Waals surface area contributed by atoms with Gasteiger partial charge in [-0.2, -0.15) is 0 Å². The van der Waals surface area contributed by atoms with Gasteiger partial charge in [0.25, 0.3) is 5.91 Å². The largest absolute Gasteiger partial charge is 0.394 e. The molecule has 2 N–H and O–H groups in total. The van der Waals surface area contributed by atoms with Gasteiger partial charge in [0.05, 0.1) is 12.1 Å². The maximum atomic E-state index is 12.1. The van der Waals surface area contributed by atoms with Crippen LogP contribution in [0.15, 0.2) is 12.1 Å². The Morgan fingerprint density at radius 2 is 1.71 bits per heavy atom. The summed E-state index contributed by atoms with van der Waals surface area (Å²) in [5, 5.41) is 12.0. The van der Waals surface area contributed by atoms with Crippen LogP contribution in [-0.2, 0) is 0 Å². The summed E-state index contributed by atoms with van der Waals surface area (Å²) < 4.78 is 0. The zero-order valence-corrected chi connectivity index (χ0v) is 11.2. The third-order valence-electron chi connectivity index (χ3n) is 2.75. The van der Waals surface area contributed by atoms with Gasteiger partial charge in [0.15, 0.2) is 0 Å². The quantitative estimate of drug-likeness (QED) is 0.843. The molecule has 0 atom stereocenters. The molecule has 0 radical (unpaired) electrons. The molecule has 0 aliphatic heterocycles. The van der Waals surface area contributed by atoms with Gasteiger partial charge in [0.2, 0.25) is 0 Å². The highest BCUT2D eigenvalue weighted by Gasteiger charge is 2.22. The smallest absolute Gasteiger partial charge is 0.252 e. The van der Waals surface area contributed by atoms with Crippen LogP contribution in [0.3, 0.4) is 0 Å². The number of aliphatic hydroxyl groups is 1. The summed E-state index contributed by atoms with van der Waals surface area (Å²) in [7, 11) is 0. The summed E-state index contributed by atoms with van der Waals surface area (Å²) in [6.07, 6.45) is 0. The lowest BCUT2D eigenvalue weighted by atomic mass is 9.98. The summed E-state index contributed by atoms with van der Waals surface area (Å²) in [4.78, 5) is 12.1. The molecule has 0 saturated heterocycles. The number of benzene rings is 1. The van der Waals surface area contributed by atoms with Crippen molar-refractivity contribution in [3.8, 4) is 0 Å². The van der Waals surface area contributed by atoms with E-state index in [9.17, 15) is 4.79 Å². The molecule has 94 valence electrons. The monoisotopic (exact) mass is 235 g/mol. The van der Waals surface area contributed by atoms with E-state index in [0.29, 0.717) is 5.56 Å². The summed E-state index contributed by atoms with van der Waals surface area (Å²) in [5.74, 6) is -0.126. The molecule has 0 spiro atoms. The van der Waals surface area contributed by atoms with E-state index in [4.69, 9.17) is 5.11 Å². The number of amides is 1. The van der Waals surface area contributed by atoms with Crippen LogP contribution in [0.4, 0.5) is 0 Å². The van der Waals surface area contributed by atoms with Crippen molar-refractivity contribution in [1.29, 1.82) is 0 Å². The second kappa shape index (κ2) is 4.88. The number of carbonyl (C=O) groups is 1. The topological polar surface area (TPSA) is 49.3 Å². The molecule has 0 fully saturated rings. The zero-order valence-electron chi connectivity index (χ0n) is 11.2. The lowest BCUT2D eigenvalue weighted by Crippen LogP contribution is -2.46. The van der Waals surface area contributed by atoms with Crippen molar-refractivity contribution in [2.24, 2.45) is 0 Å². The number of aryl methyl sites for hydroxylation is 3. The Morgan fingerprint density at radius 1 is 1.24 bits per heavy atom. The maximum absolute atomic E-state index is 12.1. The fraction of sp³-hybridized carbons (Fsp3) is 0.500. The average Bonchev–Trinajstić information content (AvgIpc) is 2.14. The van der Waals surface area contributed by atoms with E-state index in [-0.39, 0.29) is 12.5 Å². The summed E-state index contributed by atoms with van der Waals surface area (Å²) >= 11 is 0. The Hall–Kier alpha value is -1.35. The number of nitrogens with one attached hydrogen (secondary N) is 1. The number of carbonyl (C=O) groups excluding carboxylic acids is 1. The average molecular weight is 235 g/mol. The van der Waals surface area contributed by atoms with Crippen LogP contribution in [0, 0.1) is 20.8 Å². The molecule has 1 aromatic carbocycles. The van der Waals surface area contributed by atoms with Gasteiger partial charge in [-0.1, -0.05) is 17.7 Å². The van der Waals surface area contributed by atoms with Crippen LogP contribution < -0.4 is 5.32 Å². The van der Waals surface area contributed by atoms with Gasteiger partial charge in [-0.3, -0.25) is 4.79 Å². The normalized spacial score (nSPS) is 11.4. The highest BCUT2D eigenvalue weighted by molar-refractivity contribution is 5.97. The molecule has 0 aliphatic carbocycles.